The van der Waals surface area contributed by atoms with E-state index in [1.165, 1.54) is 0 Å². The average Bonchev–Trinajstić information content (AvgIpc) is 1.97. The van der Waals surface area contributed by atoms with Gasteiger partial charge in [0.15, 0.2) is 0 Å². The average molecular weight is 246 g/mol. The van der Waals surface area contributed by atoms with E-state index < -0.39 is 22.1 Å². The van der Waals surface area contributed by atoms with Gasteiger partial charge in [-0.25, -0.2) is 8.98 Å². The normalized spacial score (nSPS) is 15.1. The Morgan fingerprint density at radius 3 is 2.20 bits per heavy atom. The van der Waals surface area contributed by atoms with E-state index in [2.05, 4.69) is 4.18 Å². The maximum Gasteiger partial charge on any atom is 0.399 e. The summed E-state index contributed by atoms with van der Waals surface area (Å²) >= 11 is 0. The molecule has 10 heteroatoms. The van der Waals surface area contributed by atoms with E-state index in [9.17, 15) is 13.2 Å². The monoisotopic (exact) mass is 246 g/mol. The summed E-state index contributed by atoms with van der Waals surface area (Å²) in [5, 5.41) is 8.56. The summed E-state index contributed by atoms with van der Waals surface area (Å²) in [5.41, 5.74) is 7.71. The smallest absolute Gasteiger partial charge is 0.399 e. The molecule has 0 spiro atoms. The fourth-order valence-electron chi connectivity index (χ4n) is 0.737. The lowest BCUT2D eigenvalue weighted by Gasteiger charge is -2.21. The van der Waals surface area contributed by atoms with Crippen molar-refractivity contribution in [2.24, 2.45) is 11.5 Å². The van der Waals surface area contributed by atoms with Crippen LogP contribution in [-0.2, 0) is 19.4 Å². The van der Waals surface area contributed by atoms with Crippen LogP contribution in [0.5, 0.6) is 0 Å². The van der Waals surface area contributed by atoms with E-state index in [0.29, 0.717) is 0 Å². The number of hydrogen-bond donors (Lipinski definition) is 4. The molecule has 0 saturated carbocycles. The second-order valence-electron chi connectivity index (χ2n) is 2.60. The standard InChI is InChI=1S/C5H12N2O6S.H2O/c6-3-1-2-5(7,4(8)9)13-14(10,11)12;/h1-3,6-7H2,(H,8,9)(H,10,11,12);1H2/t5-;/m1./s1. The predicted molar refractivity (Wildman–Crippen MR) is 49.1 cm³/mol. The first kappa shape index (κ1) is 16.6. The zero-order valence-electron chi connectivity index (χ0n) is 7.71. The minimum absolute atomic E-state index is 0. The lowest BCUT2D eigenvalue weighted by Crippen LogP contribution is -2.51. The molecule has 1 atom stereocenters. The van der Waals surface area contributed by atoms with Crippen LogP contribution in [-0.4, -0.2) is 41.8 Å². The van der Waals surface area contributed by atoms with Gasteiger partial charge in [-0.2, -0.15) is 8.42 Å². The van der Waals surface area contributed by atoms with Gasteiger partial charge in [-0.15, -0.1) is 0 Å². The first-order chi connectivity index (χ1) is 6.21. The van der Waals surface area contributed by atoms with Gasteiger partial charge in [0.2, 0.25) is 5.72 Å². The minimum atomic E-state index is -4.90. The molecule has 0 heterocycles. The van der Waals surface area contributed by atoms with Gasteiger partial charge in [0.25, 0.3) is 0 Å². The number of aliphatic carboxylic acids is 1. The molecule has 0 fully saturated rings. The summed E-state index contributed by atoms with van der Waals surface area (Å²) in [6.45, 7) is 0.126. The Balaban J connectivity index is 0. The Labute approximate surface area is 86.3 Å². The molecule has 0 unspecified atom stereocenters. The Morgan fingerprint density at radius 1 is 1.47 bits per heavy atom. The molecule has 0 aromatic heterocycles. The second kappa shape index (κ2) is 5.95. The fraction of sp³-hybridized carbons (Fsp3) is 0.800. The van der Waals surface area contributed by atoms with E-state index in [0.717, 1.165) is 0 Å². The van der Waals surface area contributed by atoms with Crippen LogP contribution in [0, 0.1) is 0 Å². The maximum atomic E-state index is 10.5. The minimum Gasteiger partial charge on any atom is -0.478 e. The van der Waals surface area contributed by atoms with Crippen molar-refractivity contribution in [1.82, 2.24) is 0 Å². The van der Waals surface area contributed by atoms with Gasteiger partial charge < -0.3 is 16.3 Å². The molecular weight excluding hydrogens is 232 g/mol. The molecule has 0 aliphatic rings. The molecule has 0 amide bonds. The maximum absolute atomic E-state index is 10.5. The van der Waals surface area contributed by atoms with E-state index >= 15 is 0 Å². The molecular formula is C5H14N2O7S. The number of carboxylic acid groups (broad SMARTS) is 1. The van der Waals surface area contributed by atoms with Crippen LogP contribution in [0.1, 0.15) is 12.8 Å². The molecule has 15 heavy (non-hydrogen) atoms. The lowest BCUT2D eigenvalue weighted by atomic mass is 10.1. The van der Waals surface area contributed by atoms with E-state index in [1.807, 2.05) is 0 Å². The van der Waals surface area contributed by atoms with Crippen LogP contribution >= 0.6 is 0 Å². The Hall–Kier alpha value is -0.780. The van der Waals surface area contributed by atoms with Gasteiger partial charge in [0, 0.05) is 6.42 Å². The van der Waals surface area contributed by atoms with Gasteiger partial charge in [-0.1, -0.05) is 0 Å². The van der Waals surface area contributed by atoms with E-state index in [4.69, 9.17) is 21.1 Å². The molecule has 0 aromatic carbocycles. The Bertz CT molecular complexity index is 303. The topological polar surface area (TPSA) is 184 Å². The summed E-state index contributed by atoms with van der Waals surface area (Å²) in [4.78, 5) is 10.5. The van der Waals surface area contributed by atoms with Crippen molar-refractivity contribution in [1.29, 1.82) is 0 Å². The van der Waals surface area contributed by atoms with Gasteiger partial charge in [0.1, 0.15) is 0 Å². The highest BCUT2D eigenvalue weighted by Gasteiger charge is 2.39. The molecule has 0 radical (unpaired) electrons. The van der Waals surface area contributed by atoms with E-state index in [-0.39, 0.29) is 24.9 Å². The van der Waals surface area contributed by atoms with Crippen LogP contribution in [0.3, 0.4) is 0 Å². The number of rotatable bonds is 6. The molecule has 9 nitrogen and oxygen atoms in total. The Kier molecular flexibility index (Phi) is 6.60. The van der Waals surface area contributed by atoms with Crippen LogP contribution in [0.15, 0.2) is 0 Å². The van der Waals surface area contributed by atoms with Gasteiger partial charge >= 0.3 is 16.4 Å². The lowest BCUT2D eigenvalue weighted by molar-refractivity contribution is -0.155. The summed E-state index contributed by atoms with van der Waals surface area (Å²) < 4.78 is 32.7. The largest absolute Gasteiger partial charge is 0.478 e. The first-order valence-corrected chi connectivity index (χ1v) is 4.98. The van der Waals surface area contributed by atoms with Crippen molar-refractivity contribution in [3.05, 3.63) is 0 Å². The van der Waals surface area contributed by atoms with Crippen LogP contribution in [0.25, 0.3) is 0 Å². The molecule has 8 N–H and O–H groups in total. The summed E-state index contributed by atoms with van der Waals surface area (Å²) in [7, 11) is -4.90. The van der Waals surface area contributed by atoms with Crippen molar-refractivity contribution < 1.29 is 32.5 Å². The molecule has 0 aliphatic heterocycles. The van der Waals surface area contributed by atoms with Crippen LogP contribution in [0.4, 0.5) is 0 Å². The number of hydrogen-bond acceptors (Lipinski definition) is 6. The summed E-state index contributed by atoms with van der Waals surface area (Å²) in [5.74, 6) is -1.69. The highest BCUT2D eigenvalue weighted by Crippen LogP contribution is 2.14. The third kappa shape index (κ3) is 6.33. The number of nitrogens with two attached hydrogens (primary N) is 2. The molecule has 0 rings (SSSR count). The number of carbonyl (C=O) groups is 1. The highest BCUT2D eigenvalue weighted by molar-refractivity contribution is 7.81. The molecule has 0 saturated heterocycles. The fourth-order valence-corrected chi connectivity index (χ4v) is 1.27. The van der Waals surface area contributed by atoms with Crippen molar-refractivity contribution in [2.75, 3.05) is 6.54 Å². The number of carboxylic acids is 1. The summed E-state index contributed by atoms with van der Waals surface area (Å²) in [6, 6.07) is 0. The van der Waals surface area contributed by atoms with Crippen molar-refractivity contribution in [3.8, 4) is 0 Å². The third-order valence-corrected chi connectivity index (χ3v) is 1.88. The van der Waals surface area contributed by atoms with Crippen LogP contribution in [0.2, 0.25) is 0 Å². The molecule has 0 bridgehead atoms. The zero-order chi connectivity index (χ0) is 11.4. The van der Waals surface area contributed by atoms with Gasteiger partial charge in [-0.05, 0) is 13.0 Å². The SMILES string of the molecule is NCCC[C@@](N)(OS(=O)(=O)O)C(=O)O.O. The molecule has 0 aromatic rings. The van der Waals surface area contributed by atoms with Crippen molar-refractivity contribution >= 4 is 16.4 Å². The van der Waals surface area contributed by atoms with Crippen molar-refractivity contribution in [3.63, 3.8) is 0 Å². The van der Waals surface area contributed by atoms with Crippen LogP contribution < -0.4 is 11.5 Å². The first-order valence-electron chi connectivity index (χ1n) is 3.61. The van der Waals surface area contributed by atoms with Crippen molar-refractivity contribution in [2.45, 2.75) is 18.6 Å². The third-order valence-electron chi connectivity index (χ3n) is 1.37. The quantitative estimate of drug-likeness (QED) is 0.291. The highest BCUT2D eigenvalue weighted by atomic mass is 32.3. The van der Waals surface area contributed by atoms with E-state index in [1.54, 1.807) is 0 Å². The van der Waals surface area contributed by atoms with Gasteiger partial charge in [0.05, 0.1) is 0 Å². The molecule has 0 aliphatic carbocycles. The Morgan fingerprint density at radius 2 is 1.93 bits per heavy atom. The second-order valence-corrected chi connectivity index (χ2v) is 3.62. The van der Waals surface area contributed by atoms with Gasteiger partial charge in [-0.3, -0.25) is 10.3 Å². The predicted octanol–water partition coefficient (Wildman–Crippen LogP) is -2.54. The summed E-state index contributed by atoms with van der Waals surface area (Å²) in [6.07, 6.45) is -0.170. The zero-order valence-corrected chi connectivity index (χ0v) is 8.53. The molecule has 92 valence electrons.